The molecular weight excluding hydrogens is 402 g/mol. The summed E-state index contributed by atoms with van der Waals surface area (Å²) in [6, 6.07) is 1.49. The van der Waals surface area contributed by atoms with E-state index in [2.05, 4.69) is 10.2 Å². The molecule has 0 radical (unpaired) electrons. The number of ketones is 2. The van der Waals surface area contributed by atoms with E-state index < -0.39 is 40.3 Å². The third-order valence-electron chi connectivity index (χ3n) is 6.91. The van der Waals surface area contributed by atoms with Gasteiger partial charge in [-0.2, -0.15) is 10.2 Å². The highest BCUT2D eigenvalue weighted by Gasteiger charge is 2.56. The molecule has 1 aromatic carbocycles. The number of allylic oxidation sites excluding steroid dienone is 1. The standard InChI is InChI=1S/C21H21N5O5/c1-7-12(25-23)6-13(26-24)11-4-9-3-10-5-14(27)17(20(22)30)19(29)21(10,31)8(2)16(9)18(28)15(7)11/h6,9-10,23-24,29,31H,3-5H2,1-2H3,(H2,22,30)/t9?,10?,21-/m1/s1. The molecule has 3 aliphatic carbocycles. The van der Waals surface area contributed by atoms with Crippen molar-refractivity contribution >= 4 is 28.8 Å². The number of aliphatic hydroxyl groups excluding tert-OH is 1. The summed E-state index contributed by atoms with van der Waals surface area (Å²) in [7, 11) is 0. The first-order chi connectivity index (χ1) is 14.6. The van der Waals surface area contributed by atoms with Gasteiger partial charge in [-0.1, -0.05) is 0 Å². The number of nitrogens with two attached hydrogens (primary N) is 1. The monoisotopic (exact) mass is 423 g/mol. The molecule has 31 heavy (non-hydrogen) atoms. The molecule has 6 N–H and O–H groups in total. The summed E-state index contributed by atoms with van der Waals surface area (Å²) in [5.41, 5.74) is 19.6. The fourth-order valence-corrected chi connectivity index (χ4v) is 5.41. The molecule has 0 heterocycles. The van der Waals surface area contributed by atoms with Crippen molar-refractivity contribution in [3.8, 4) is 0 Å². The van der Waals surface area contributed by atoms with Crippen LogP contribution in [0.2, 0.25) is 0 Å². The van der Waals surface area contributed by atoms with E-state index in [9.17, 15) is 24.6 Å². The van der Waals surface area contributed by atoms with Gasteiger partial charge in [0.15, 0.2) is 11.6 Å². The van der Waals surface area contributed by atoms with Crippen molar-refractivity contribution in [2.24, 2.45) is 27.8 Å². The minimum atomic E-state index is -2.05. The number of nitrogens with zero attached hydrogens (tertiary/aromatic N) is 2. The van der Waals surface area contributed by atoms with Crippen LogP contribution >= 0.6 is 0 Å². The van der Waals surface area contributed by atoms with Gasteiger partial charge in [-0.3, -0.25) is 14.4 Å². The van der Waals surface area contributed by atoms with Crippen molar-refractivity contribution in [3.05, 3.63) is 45.2 Å². The van der Waals surface area contributed by atoms with E-state index >= 15 is 0 Å². The van der Waals surface area contributed by atoms with Gasteiger partial charge in [0.2, 0.25) is 0 Å². The van der Waals surface area contributed by atoms with E-state index in [1.54, 1.807) is 6.92 Å². The highest BCUT2D eigenvalue weighted by Crippen LogP contribution is 2.53. The Morgan fingerprint density at radius 1 is 1.19 bits per heavy atom. The Morgan fingerprint density at radius 2 is 1.84 bits per heavy atom. The van der Waals surface area contributed by atoms with Gasteiger partial charge in [0.05, 0.1) is 11.4 Å². The lowest BCUT2D eigenvalue weighted by Gasteiger charge is -2.47. The Balaban J connectivity index is 1.99. The van der Waals surface area contributed by atoms with E-state index in [-0.39, 0.29) is 46.8 Å². The Kier molecular flexibility index (Phi) is 4.51. The van der Waals surface area contributed by atoms with E-state index in [0.29, 0.717) is 17.5 Å². The van der Waals surface area contributed by atoms with Gasteiger partial charge in [-0.05, 0) is 55.4 Å². The fraction of sp³-hybridized carbons (Fsp3) is 0.381. The van der Waals surface area contributed by atoms with Crippen molar-refractivity contribution < 1.29 is 24.6 Å². The second-order valence-corrected chi connectivity index (χ2v) is 8.30. The SMILES string of the molecule is CC1=C2C(=O)c3c(C)c(N=N)cc(N=N)c3CC2CC2CC(=O)C(C(N)=O)=C(O)[C@@]12O. The minimum absolute atomic E-state index is 0.171. The lowest BCUT2D eigenvalue weighted by Crippen LogP contribution is -2.53. The molecule has 0 bridgehead atoms. The van der Waals surface area contributed by atoms with E-state index in [1.165, 1.54) is 13.0 Å². The predicted octanol–water partition coefficient (Wildman–Crippen LogP) is 3.01. The molecule has 2 unspecified atom stereocenters. The van der Waals surface area contributed by atoms with Crippen LogP contribution < -0.4 is 5.73 Å². The highest BCUT2D eigenvalue weighted by molar-refractivity contribution is 6.20. The number of hydrogen-bond acceptors (Lipinski definition) is 9. The Morgan fingerprint density at radius 3 is 2.42 bits per heavy atom. The van der Waals surface area contributed by atoms with Crippen LogP contribution in [-0.2, 0) is 16.0 Å². The zero-order valence-corrected chi connectivity index (χ0v) is 16.9. The second-order valence-electron chi connectivity index (χ2n) is 8.30. The molecule has 4 rings (SSSR count). The van der Waals surface area contributed by atoms with E-state index in [0.717, 1.165) is 0 Å². The zero-order valence-electron chi connectivity index (χ0n) is 16.9. The van der Waals surface area contributed by atoms with Crippen LogP contribution in [0.4, 0.5) is 11.4 Å². The van der Waals surface area contributed by atoms with Crippen LogP contribution in [-0.4, -0.2) is 33.3 Å². The topological polar surface area (TPSA) is 190 Å². The average Bonchev–Trinajstić information content (AvgIpc) is 2.70. The van der Waals surface area contributed by atoms with Crippen LogP contribution in [0.5, 0.6) is 0 Å². The highest BCUT2D eigenvalue weighted by atomic mass is 16.3. The molecule has 0 fully saturated rings. The second kappa shape index (κ2) is 6.74. The van der Waals surface area contributed by atoms with Crippen molar-refractivity contribution in [1.29, 1.82) is 11.1 Å². The Labute approximate surface area is 176 Å². The molecular formula is C21H21N5O5. The van der Waals surface area contributed by atoms with Crippen LogP contribution in [0.15, 0.2) is 38.8 Å². The Hall–Kier alpha value is -3.53. The number of carbonyl (C=O) groups is 3. The molecule has 3 aliphatic rings. The first kappa shape index (κ1) is 20.7. The van der Waals surface area contributed by atoms with E-state index in [1.807, 2.05) is 0 Å². The van der Waals surface area contributed by atoms with Gasteiger partial charge in [0.1, 0.15) is 16.9 Å². The largest absolute Gasteiger partial charge is 0.508 e. The molecule has 10 nitrogen and oxygen atoms in total. The maximum Gasteiger partial charge on any atom is 0.255 e. The van der Waals surface area contributed by atoms with Crippen LogP contribution in [0.3, 0.4) is 0 Å². The third-order valence-corrected chi connectivity index (χ3v) is 6.91. The zero-order chi connectivity index (χ0) is 22.8. The number of rotatable bonds is 3. The molecule has 0 aliphatic heterocycles. The van der Waals surface area contributed by atoms with Crippen LogP contribution in [0, 0.1) is 29.8 Å². The fourth-order valence-electron chi connectivity index (χ4n) is 5.41. The van der Waals surface area contributed by atoms with Crippen LogP contribution in [0.25, 0.3) is 0 Å². The maximum absolute atomic E-state index is 13.6. The first-order valence-corrected chi connectivity index (χ1v) is 9.74. The van der Waals surface area contributed by atoms with Crippen molar-refractivity contribution in [2.75, 3.05) is 0 Å². The summed E-state index contributed by atoms with van der Waals surface area (Å²) in [5.74, 6) is -4.08. The number of Topliss-reactive ketones (excluding diaryl/α,β-unsaturated/α-hetero) is 2. The van der Waals surface area contributed by atoms with E-state index in [4.69, 9.17) is 16.8 Å². The number of carbonyl (C=O) groups excluding carboxylic acids is 3. The van der Waals surface area contributed by atoms with Crippen molar-refractivity contribution in [1.82, 2.24) is 0 Å². The molecule has 1 amide bonds. The van der Waals surface area contributed by atoms with Crippen LogP contribution in [0.1, 0.15) is 41.3 Å². The first-order valence-electron chi connectivity index (χ1n) is 9.74. The molecule has 10 heteroatoms. The molecule has 160 valence electrons. The maximum atomic E-state index is 13.6. The quantitative estimate of drug-likeness (QED) is 0.368. The average molecular weight is 423 g/mol. The van der Waals surface area contributed by atoms with Gasteiger partial charge in [0.25, 0.3) is 5.91 Å². The summed E-state index contributed by atoms with van der Waals surface area (Å²) in [4.78, 5) is 37.7. The predicted molar refractivity (Wildman–Crippen MR) is 107 cm³/mol. The lowest BCUT2D eigenvalue weighted by atomic mass is 9.58. The van der Waals surface area contributed by atoms with Gasteiger partial charge in [0, 0.05) is 23.5 Å². The lowest BCUT2D eigenvalue weighted by molar-refractivity contribution is -0.126. The molecule has 1 aromatic rings. The summed E-state index contributed by atoms with van der Waals surface area (Å²) in [6.07, 6.45) is 0.377. The minimum Gasteiger partial charge on any atom is -0.508 e. The number of benzene rings is 1. The summed E-state index contributed by atoms with van der Waals surface area (Å²) in [6.45, 7) is 3.15. The smallest absolute Gasteiger partial charge is 0.255 e. The van der Waals surface area contributed by atoms with Gasteiger partial charge >= 0.3 is 0 Å². The molecule has 0 spiro atoms. The number of nitrogens with one attached hydrogen (secondary N) is 2. The normalized spacial score (nSPS) is 27.5. The van der Waals surface area contributed by atoms with Crippen molar-refractivity contribution in [3.63, 3.8) is 0 Å². The third kappa shape index (κ3) is 2.57. The number of amides is 1. The molecule has 0 saturated heterocycles. The number of primary amides is 1. The number of aliphatic hydroxyl groups is 2. The van der Waals surface area contributed by atoms with Gasteiger partial charge < -0.3 is 15.9 Å². The Bertz CT molecular complexity index is 1180. The van der Waals surface area contributed by atoms with Crippen molar-refractivity contribution in [2.45, 2.75) is 38.7 Å². The molecule has 0 aromatic heterocycles. The summed E-state index contributed by atoms with van der Waals surface area (Å²) in [5, 5.41) is 29.1. The summed E-state index contributed by atoms with van der Waals surface area (Å²) >= 11 is 0. The number of fused-ring (bicyclic) bond motifs is 3. The number of hydrogen-bond donors (Lipinski definition) is 5. The summed E-state index contributed by atoms with van der Waals surface area (Å²) < 4.78 is 0. The molecule has 3 atom stereocenters. The van der Waals surface area contributed by atoms with Gasteiger partial charge in [-0.25, -0.2) is 11.1 Å². The van der Waals surface area contributed by atoms with Gasteiger partial charge in [-0.15, -0.1) is 0 Å². The molecule has 0 saturated carbocycles.